The van der Waals surface area contributed by atoms with Gasteiger partial charge in [-0.2, -0.15) is 0 Å². The molecule has 1 N–H and O–H groups in total. The second-order valence-corrected chi connectivity index (χ2v) is 6.44. The number of carboxylic acids is 1. The van der Waals surface area contributed by atoms with E-state index in [4.69, 9.17) is 26.2 Å². The summed E-state index contributed by atoms with van der Waals surface area (Å²) in [6.45, 7) is 7.66. The highest BCUT2D eigenvalue weighted by Crippen LogP contribution is 2.39. The Balaban J connectivity index is 2.39. The number of hydrogen-bond donors (Lipinski definition) is 1. The first-order chi connectivity index (χ1) is 12.8. The van der Waals surface area contributed by atoms with E-state index in [9.17, 15) is 4.79 Å². The number of carbonyl (C=O) groups is 1. The predicted octanol–water partition coefficient (Wildman–Crippen LogP) is 5.12. The number of ether oxygens (including phenoxy) is 2. The molecule has 2 rings (SSSR count). The van der Waals surface area contributed by atoms with Crippen molar-refractivity contribution in [1.29, 1.82) is 0 Å². The minimum absolute atomic E-state index is 0.304. The minimum atomic E-state index is -1.15. The van der Waals surface area contributed by atoms with E-state index in [1.54, 1.807) is 13.2 Å². The van der Waals surface area contributed by atoms with Gasteiger partial charge in [0.25, 0.3) is 0 Å². The lowest BCUT2D eigenvalue weighted by Crippen LogP contribution is -1.98. The zero-order valence-electron chi connectivity index (χ0n) is 15.6. The quantitative estimate of drug-likeness (QED) is 0.555. The Labute approximate surface area is 164 Å². The number of carboxylic acid groups (broad SMARTS) is 1. The third-order valence-electron chi connectivity index (χ3n) is 3.97. The molecule has 0 spiro atoms. The number of rotatable bonds is 6. The number of aryl methyl sites for hydroxylation is 2. The molecule has 0 aliphatic rings. The number of halogens is 1. The van der Waals surface area contributed by atoms with Gasteiger partial charge in [-0.3, -0.25) is 0 Å². The minimum Gasteiger partial charge on any atom is -0.493 e. The zero-order chi connectivity index (χ0) is 20.0. The lowest BCUT2D eigenvalue weighted by molar-refractivity contribution is -0.130. The third kappa shape index (κ3) is 5.29. The Morgan fingerprint density at radius 3 is 2.59 bits per heavy atom. The number of benzene rings is 2. The summed E-state index contributed by atoms with van der Waals surface area (Å²) in [5.41, 5.74) is 3.83. The van der Waals surface area contributed by atoms with Crippen LogP contribution in [0.15, 0.2) is 36.9 Å². The molecule has 0 fully saturated rings. The molecule has 4 nitrogen and oxygen atoms in total. The molecule has 140 valence electrons. The normalized spacial score (nSPS) is 9.93. The van der Waals surface area contributed by atoms with Gasteiger partial charge < -0.3 is 14.6 Å². The third-order valence-corrected chi connectivity index (χ3v) is 4.27. The number of methoxy groups -OCH3 is 1. The Hall–Kier alpha value is -2.90. The molecule has 0 saturated carbocycles. The van der Waals surface area contributed by atoms with Crippen molar-refractivity contribution in [3.63, 3.8) is 0 Å². The van der Waals surface area contributed by atoms with Gasteiger partial charge in [-0.1, -0.05) is 29.7 Å². The topological polar surface area (TPSA) is 55.8 Å². The van der Waals surface area contributed by atoms with Crippen LogP contribution in [0.5, 0.6) is 17.2 Å². The Morgan fingerprint density at radius 1 is 1.22 bits per heavy atom. The maximum atomic E-state index is 10.5. The van der Waals surface area contributed by atoms with E-state index < -0.39 is 5.97 Å². The fourth-order valence-corrected chi connectivity index (χ4v) is 2.94. The molecule has 5 heteroatoms. The van der Waals surface area contributed by atoms with Crippen LogP contribution in [0.4, 0.5) is 0 Å². The summed E-state index contributed by atoms with van der Waals surface area (Å²) in [7, 11) is 1.55. The summed E-state index contributed by atoms with van der Waals surface area (Å²) >= 11 is 6.36. The maximum absolute atomic E-state index is 10.5. The van der Waals surface area contributed by atoms with Crippen LogP contribution in [0, 0.1) is 25.7 Å². The second-order valence-electron chi connectivity index (χ2n) is 6.03. The molecule has 0 aliphatic carbocycles. The first kappa shape index (κ1) is 20.4. The highest BCUT2D eigenvalue weighted by atomic mass is 35.5. The fraction of sp³-hybridized carbons (Fsp3) is 0.227. The van der Waals surface area contributed by atoms with E-state index in [-0.39, 0.29) is 0 Å². The number of allylic oxidation sites excluding steroid dienone is 1. The summed E-state index contributed by atoms with van der Waals surface area (Å²) in [6, 6.07) is 7.45. The van der Waals surface area contributed by atoms with Crippen molar-refractivity contribution in [3.05, 3.63) is 64.2 Å². The van der Waals surface area contributed by atoms with E-state index in [1.165, 1.54) is 0 Å². The molecule has 0 aromatic heterocycles. The van der Waals surface area contributed by atoms with Gasteiger partial charge in [-0.25, -0.2) is 4.79 Å². The predicted molar refractivity (Wildman–Crippen MR) is 107 cm³/mol. The van der Waals surface area contributed by atoms with Gasteiger partial charge in [0.15, 0.2) is 11.5 Å². The van der Waals surface area contributed by atoms with Gasteiger partial charge in [0.1, 0.15) is 5.75 Å². The van der Waals surface area contributed by atoms with Crippen molar-refractivity contribution in [3.8, 4) is 29.1 Å². The lowest BCUT2D eigenvalue weighted by Gasteiger charge is -2.16. The summed E-state index contributed by atoms with van der Waals surface area (Å²) < 4.78 is 11.5. The Morgan fingerprint density at radius 2 is 1.96 bits per heavy atom. The molecule has 2 aromatic carbocycles. The summed E-state index contributed by atoms with van der Waals surface area (Å²) in [5, 5.41) is 9.14. The average molecular weight is 385 g/mol. The summed E-state index contributed by atoms with van der Waals surface area (Å²) in [4.78, 5) is 10.5. The fourth-order valence-electron chi connectivity index (χ4n) is 2.68. The molecule has 0 unspecified atom stereocenters. The van der Waals surface area contributed by atoms with Gasteiger partial charge in [0, 0.05) is 12.3 Å². The van der Waals surface area contributed by atoms with Crippen LogP contribution in [-0.4, -0.2) is 18.2 Å². The molecule has 0 heterocycles. The first-order valence-corrected chi connectivity index (χ1v) is 8.70. The van der Waals surface area contributed by atoms with Gasteiger partial charge in [0.05, 0.1) is 12.1 Å². The van der Waals surface area contributed by atoms with Crippen LogP contribution in [0.1, 0.15) is 22.3 Å². The number of hydrogen-bond acceptors (Lipinski definition) is 3. The molecule has 0 bridgehead atoms. The van der Waals surface area contributed by atoms with Crippen LogP contribution < -0.4 is 9.47 Å². The van der Waals surface area contributed by atoms with E-state index in [2.05, 4.69) is 18.4 Å². The van der Waals surface area contributed by atoms with Gasteiger partial charge in [-0.05, 0) is 60.7 Å². The average Bonchev–Trinajstić information content (AvgIpc) is 2.60. The first-order valence-electron chi connectivity index (χ1n) is 8.32. The molecular formula is C22H21ClO4. The van der Waals surface area contributed by atoms with Crippen molar-refractivity contribution < 1.29 is 19.4 Å². The van der Waals surface area contributed by atoms with Crippen LogP contribution in [0.2, 0.25) is 5.02 Å². The van der Waals surface area contributed by atoms with Crippen LogP contribution in [0.25, 0.3) is 0 Å². The SMILES string of the molecule is C=CCc1cc(Oc2c(C)cc(CC#CC(=O)O)cc2OC)c(Cl)cc1C. The van der Waals surface area contributed by atoms with Gasteiger partial charge in [-0.15, -0.1) is 6.58 Å². The highest BCUT2D eigenvalue weighted by molar-refractivity contribution is 6.32. The van der Waals surface area contributed by atoms with E-state index in [0.29, 0.717) is 28.7 Å². The molecule has 0 aliphatic heterocycles. The van der Waals surface area contributed by atoms with E-state index >= 15 is 0 Å². The Bertz CT molecular complexity index is 936. The van der Waals surface area contributed by atoms with Crippen LogP contribution in [0.3, 0.4) is 0 Å². The molecule has 0 radical (unpaired) electrons. The standard InChI is InChI=1S/C22H21ClO4/c1-5-7-17-13-19(18(23)11-14(17)2)27-22-15(3)10-16(12-20(22)26-4)8-6-9-21(24)25/h5,10-13H,1,7-8H2,2-4H3,(H,24,25). The van der Waals surface area contributed by atoms with Crippen LogP contribution in [-0.2, 0) is 17.6 Å². The summed E-state index contributed by atoms with van der Waals surface area (Å²) in [5.74, 6) is 5.19. The van der Waals surface area contributed by atoms with Crippen molar-refractivity contribution >= 4 is 17.6 Å². The second kappa shape index (κ2) is 9.16. The van der Waals surface area contributed by atoms with E-state index in [1.807, 2.05) is 38.1 Å². The van der Waals surface area contributed by atoms with Crippen molar-refractivity contribution in [2.24, 2.45) is 0 Å². The summed E-state index contributed by atoms with van der Waals surface area (Å²) in [6.07, 6.45) is 2.86. The van der Waals surface area contributed by atoms with Crippen molar-refractivity contribution in [2.75, 3.05) is 7.11 Å². The molecule has 0 saturated heterocycles. The monoisotopic (exact) mass is 384 g/mol. The molecule has 0 amide bonds. The van der Waals surface area contributed by atoms with Crippen molar-refractivity contribution in [1.82, 2.24) is 0 Å². The Kier molecular flexibility index (Phi) is 6.92. The maximum Gasteiger partial charge on any atom is 0.381 e. The zero-order valence-corrected chi connectivity index (χ0v) is 16.3. The molecular weight excluding hydrogens is 364 g/mol. The molecule has 27 heavy (non-hydrogen) atoms. The van der Waals surface area contributed by atoms with Crippen LogP contribution >= 0.6 is 11.6 Å². The number of aliphatic carboxylic acids is 1. The largest absolute Gasteiger partial charge is 0.493 e. The lowest BCUT2D eigenvalue weighted by atomic mass is 10.0. The highest BCUT2D eigenvalue weighted by Gasteiger charge is 2.14. The van der Waals surface area contributed by atoms with Gasteiger partial charge >= 0.3 is 5.97 Å². The smallest absolute Gasteiger partial charge is 0.381 e. The van der Waals surface area contributed by atoms with Gasteiger partial charge in [0.2, 0.25) is 0 Å². The van der Waals surface area contributed by atoms with E-state index in [0.717, 1.165) is 28.7 Å². The molecule has 2 aromatic rings. The van der Waals surface area contributed by atoms with Crippen molar-refractivity contribution in [2.45, 2.75) is 26.7 Å². The molecule has 0 atom stereocenters.